The van der Waals surface area contributed by atoms with Crippen LogP contribution in [0.5, 0.6) is 5.75 Å². The van der Waals surface area contributed by atoms with Crippen molar-refractivity contribution in [1.82, 2.24) is 0 Å². The van der Waals surface area contributed by atoms with E-state index in [0.717, 1.165) is 12.7 Å². The zero-order chi connectivity index (χ0) is 12.8. The largest absolute Gasteiger partial charge is 0.490 e. The Morgan fingerprint density at radius 1 is 1.33 bits per heavy atom. The van der Waals surface area contributed by atoms with E-state index < -0.39 is 6.10 Å². The molecular formula is C15H20O3. The fourth-order valence-electron chi connectivity index (χ4n) is 2.59. The summed E-state index contributed by atoms with van der Waals surface area (Å²) in [7, 11) is 0. The van der Waals surface area contributed by atoms with Crippen molar-refractivity contribution in [1.29, 1.82) is 0 Å². The number of aliphatic hydroxyl groups is 1. The summed E-state index contributed by atoms with van der Waals surface area (Å²) in [5, 5.41) is 9.92. The highest BCUT2D eigenvalue weighted by Gasteiger charge is 2.19. The summed E-state index contributed by atoms with van der Waals surface area (Å²) in [5.41, 5.74) is 0.533. The predicted octanol–water partition coefficient (Wildman–Crippen LogP) is 2.82. The number of ether oxygens (including phenoxy) is 1. The van der Waals surface area contributed by atoms with Gasteiger partial charge in [0.1, 0.15) is 12.4 Å². The summed E-state index contributed by atoms with van der Waals surface area (Å²) in [5.74, 6) is 1.20. The lowest BCUT2D eigenvalue weighted by atomic mass is 10.0. The molecule has 0 aromatic heterocycles. The average Bonchev–Trinajstić information content (AvgIpc) is 2.89. The van der Waals surface area contributed by atoms with Gasteiger partial charge in [0.2, 0.25) is 0 Å². The van der Waals surface area contributed by atoms with Crippen LogP contribution in [0.15, 0.2) is 24.3 Å². The molecule has 98 valence electrons. The van der Waals surface area contributed by atoms with Crippen LogP contribution >= 0.6 is 0 Å². The Morgan fingerprint density at radius 2 is 2.06 bits per heavy atom. The first-order chi connectivity index (χ1) is 8.79. The van der Waals surface area contributed by atoms with Crippen LogP contribution in [0.1, 0.15) is 42.5 Å². The van der Waals surface area contributed by atoms with Crippen LogP contribution in [0, 0.1) is 5.92 Å². The molecule has 1 aliphatic carbocycles. The second-order valence-electron chi connectivity index (χ2n) is 5.01. The molecule has 1 saturated carbocycles. The Hall–Kier alpha value is -1.35. The topological polar surface area (TPSA) is 46.5 Å². The van der Waals surface area contributed by atoms with Crippen molar-refractivity contribution in [2.75, 3.05) is 6.61 Å². The van der Waals surface area contributed by atoms with Crippen molar-refractivity contribution in [3.8, 4) is 5.75 Å². The minimum Gasteiger partial charge on any atom is -0.490 e. The molecule has 1 unspecified atom stereocenters. The highest BCUT2D eigenvalue weighted by atomic mass is 16.5. The summed E-state index contributed by atoms with van der Waals surface area (Å²) in [6.07, 6.45) is 6.16. The zero-order valence-electron chi connectivity index (χ0n) is 10.5. The van der Waals surface area contributed by atoms with Gasteiger partial charge in [-0.2, -0.15) is 0 Å². The second kappa shape index (κ2) is 6.55. The Bertz CT molecular complexity index is 383. The van der Waals surface area contributed by atoms with Gasteiger partial charge in [0.15, 0.2) is 6.29 Å². The van der Waals surface area contributed by atoms with E-state index in [0.29, 0.717) is 17.2 Å². The smallest absolute Gasteiger partial charge is 0.153 e. The van der Waals surface area contributed by atoms with E-state index >= 15 is 0 Å². The van der Waals surface area contributed by atoms with Crippen molar-refractivity contribution in [3.05, 3.63) is 29.8 Å². The molecule has 0 aliphatic heterocycles. The van der Waals surface area contributed by atoms with E-state index in [9.17, 15) is 9.90 Å². The molecule has 3 nitrogen and oxygen atoms in total. The molecule has 1 aromatic rings. The standard InChI is InChI=1S/C15H20O3/c16-10-13-7-3-4-8-15(13)18-11-14(17)9-12-5-1-2-6-12/h3-4,7-8,10,12,14,17H,1-2,5-6,9,11H2. The number of carbonyl (C=O) groups is 1. The van der Waals surface area contributed by atoms with Crippen LogP contribution in [0.2, 0.25) is 0 Å². The number of rotatable bonds is 6. The van der Waals surface area contributed by atoms with Crippen LogP contribution in [-0.2, 0) is 0 Å². The van der Waals surface area contributed by atoms with Gasteiger partial charge in [-0.15, -0.1) is 0 Å². The van der Waals surface area contributed by atoms with Crippen molar-refractivity contribution in [3.63, 3.8) is 0 Å². The maximum Gasteiger partial charge on any atom is 0.153 e. The average molecular weight is 248 g/mol. The Balaban J connectivity index is 1.81. The summed E-state index contributed by atoms with van der Waals surface area (Å²) in [6.45, 7) is 0.265. The SMILES string of the molecule is O=Cc1ccccc1OCC(O)CC1CCCC1. The van der Waals surface area contributed by atoms with Gasteiger partial charge in [-0.05, 0) is 24.5 Å². The lowest BCUT2D eigenvalue weighted by Gasteiger charge is -2.16. The first kappa shape index (κ1) is 13.1. The maximum atomic E-state index is 10.8. The molecular weight excluding hydrogens is 228 g/mol. The van der Waals surface area contributed by atoms with Crippen LogP contribution in [0.3, 0.4) is 0 Å². The molecule has 0 radical (unpaired) electrons. The number of aliphatic hydroxyl groups excluding tert-OH is 1. The monoisotopic (exact) mass is 248 g/mol. The lowest BCUT2D eigenvalue weighted by Crippen LogP contribution is -2.20. The summed E-state index contributed by atoms with van der Waals surface area (Å²) < 4.78 is 5.52. The minimum atomic E-state index is -0.437. The van der Waals surface area contributed by atoms with E-state index in [4.69, 9.17) is 4.74 Å². The fraction of sp³-hybridized carbons (Fsp3) is 0.533. The quantitative estimate of drug-likeness (QED) is 0.787. The molecule has 2 rings (SSSR count). The van der Waals surface area contributed by atoms with Crippen LogP contribution in [0.25, 0.3) is 0 Å². The van der Waals surface area contributed by atoms with Crippen LogP contribution in [-0.4, -0.2) is 24.1 Å². The van der Waals surface area contributed by atoms with E-state index in [1.807, 2.05) is 6.07 Å². The van der Waals surface area contributed by atoms with Gasteiger partial charge in [0, 0.05) is 0 Å². The normalized spacial score (nSPS) is 17.6. The number of hydrogen-bond donors (Lipinski definition) is 1. The van der Waals surface area contributed by atoms with Crippen LogP contribution < -0.4 is 4.74 Å². The maximum absolute atomic E-state index is 10.8. The molecule has 1 atom stereocenters. The zero-order valence-corrected chi connectivity index (χ0v) is 10.5. The van der Waals surface area contributed by atoms with Gasteiger partial charge in [-0.1, -0.05) is 37.8 Å². The van der Waals surface area contributed by atoms with E-state index in [2.05, 4.69) is 0 Å². The molecule has 0 saturated heterocycles. The number of hydrogen-bond acceptors (Lipinski definition) is 3. The van der Waals surface area contributed by atoms with Crippen molar-refractivity contribution >= 4 is 6.29 Å². The Labute approximate surface area is 108 Å². The molecule has 0 bridgehead atoms. The number of aldehydes is 1. The third kappa shape index (κ3) is 3.57. The molecule has 0 spiro atoms. The van der Waals surface area contributed by atoms with Gasteiger partial charge in [-0.3, -0.25) is 4.79 Å². The molecule has 1 aromatic carbocycles. The molecule has 1 fully saturated rings. The highest BCUT2D eigenvalue weighted by molar-refractivity contribution is 5.79. The summed E-state index contributed by atoms with van der Waals surface area (Å²) in [6, 6.07) is 7.09. The Morgan fingerprint density at radius 3 is 2.78 bits per heavy atom. The molecule has 0 amide bonds. The molecule has 18 heavy (non-hydrogen) atoms. The molecule has 1 aliphatic rings. The minimum absolute atomic E-state index is 0.265. The van der Waals surface area contributed by atoms with E-state index in [1.165, 1.54) is 25.7 Å². The van der Waals surface area contributed by atoms with Gasteiger partial charge < -0.3 is 9.84 Å². The van der Waals surface area contributed by atoms with Gasteiger partial charge in [-0.25, -0.2) is 0 Å². The van der Waals surface area contributed by atoms with Crippen molar-refractivity contribution in [2.24, 2.45) is 5.92 Å². The highest BCUT2D eigenvalue weighted by Crippen LogP contribution is 2.28. The fourth-order valence-corrected chi connectivity index (χ4v) is 2.59. The summed E-state index contributed by atoms with van der Waals surface area (Å²) >= 11 is 0. The molecule has 1 N–H and O–H groups in total. The number of para-hydroxylation sites is 1. The number of carbonyl (C=O) groups excluding carboxylic acids is 1. The van der Waals surface area contributed by atoms with Gasteiger partial charge in [0.05, 0.1) is 11.7 Å². The second-order valence-corrected chi connectivity index (χ2v) is 5.01. The number of benzene rings is 1. The summed E-state index contributed by atoms with van der Waals surface area (Å²) in [4.78, 5) is 10.8. The van der Waals surface area contributed by atoms with Crippen LogP contribution in [0.4, 0.5) is 0 Å². The molecule has 3 heteroatoms. The predicted molar refractivity (Wildman–Crippen MR) is 69.9 cm³/mol. The third-order valence-corrected chi connectivity index (χ3v) is 3.56. The first-order valence-corrected chi connectivity index (χ1v) is 6.64. The van der Waals surface area contributed by atoms with E-state index in [-0.39, 0.29) is 6.61 Å². The molecule has 0 heterocycles. The Kier molecular flexibility index (Phi) is 4.76. The van der Waals surface area contributed by atoms with Crippen molar-refractivity contribution in [2.45, 2.75) is 38.2 Å². The van der Waals surface area contributed by atoms with Gasteiger partial charge in [0.25, 0.3) is 0 Å². The van der Waals surface area contributed by atoms with Crippen molar-refractivity contribution < 1.29 is 14.6 Å². The third-order valence-electron chi connectivity index (χ3n) is 3.56. The lowest BCUT2D eigenvalue weighted by molar-refractivity contribution is 0.0846. The van der Waals surface area contributed by atoms with E-state index in [1.54, 1.807) is 18.2 Å². The first-order valence-electron chi connectivity index (χ1n) is 6.64. The van der Waals surface area contributed by atoms with Gasteiger partial charge >= 0.3 is 0 Å².